The van der Waals surface area contributed by atoms with Crippen LogP contribution in [0.3, 0.4) is 0 Å². The Morgan fingerprint density at radius 2 is 1.54 bits per heavy atom. The summed E-state index contributed by atoms with van der Waals surface area (Å²) in [6.45, 7) is 0. The van der Waals surface area contributed by atoms with Gasteiger partial charge in [-0.25, -0.2) is 13.2 Å². The number of hydrogen-bond acceptors (Lipinski definition) is 3. The first-order valence-electron chi connectivity index (χ1n) is 8.45. The predicted octanol–water partition coefficient (Wildman–Crippen LogP) is 5.64. The Morgan fingerprint density at radius 1 is 0.786 bits per heavy atom. The lowest BCUT2D eigenvalue weighted by Gasteiger charge is -2.10. The summed E-state index contributed by atoms with van der Waals surface area (Å²) in [5.74, 6) is -1.12. The van der Waals surface area contributed by atoms with Gasteiger partial charge in [0.05, 0.1) is 0 Å². The van der Waals surface area contributed by atoms with Crippen LogP contribution in [0, 0.1) is 17.5 Å². The van der Waals surface area contributed by atoms with Crippen molar-refractivity contribution in [3.8, 4) is 17.1 Å². The highest BCUT2D eigenvalue weighted by Crippen LogP contribution is 2.30. The standard InChI is InChI=1S/C21H14F3N3S/c22-16-9-7-15(8-10-16)20-25-26-21(27(20)17-4-2-1-3-5-17)28-13-14-6-11-18(23)19(24)12-14/h1-12H,13H2. The number of halogens is 3. The summed E-state index contributed by atoms with van der Waals surface area (Å²) in [4.78, 5) is 0. The molecular weight excluding hydrogens is 383 g/mol. The smallest absolute Gasteiger partial charge is 0.196 e. The highest BCUT2D eigenvalue weighted by Gasteiger charge is 2.16. The van der Waals surface area contributed by atoms with E-state index in [9.17, 15) is 13.2 Å². The summed E-state index contributed by atoms with van der Waals surface area (Å²) >= 11 is 1.35. The summed E-state index contributed by atoms with van der Waals surface area (Å²) in [5.41, 5.74) is 2.20. The van der Waals surface area contributed by atoms with E-state index in [1.807, 2.05) is 34.9 Å². The number of benzene rings is 3. The molecule has 0 radical (unpaired) electrons. The summed E-state index contributed by atoms with van der Waals surface area (Å²) in [6.07, 6.45) is 0. The largest absolute Gasteiger partial charge is 0.270 e. The van der Waals surface area contributed by atoms with Crippen LogP contribution in [0.15, 0.2) is 78.0 Å². The van der Waals surface area contributed by atoms with Crippen LogP contribution >= 0.6 is 11.8 Å². The minimum Gasteiger partial charge on any atom is -0.270 e. The van der Waals surface area contributed by atoms with E-state index in [1.54, 1.807) is 12.1 Å². The Balaban J connectivity index is 1.70. The second kappa shape index (κ2) is 7.90. The maximum Gasteiger partial charge on any atom is 0.196 e. The lowest BCUT2D eigenvalue weighted by molar-refractivity contribution is 0.507. The Kier molecular flexibility index (Phi) is 5.16. The first kappa shape index (κ1) is 18.3. The quantitative estimate of drug-likeness (QED) is 0.408. The minimum absolute atomic E-state index is 0.331. The molecule has 0 unspecified atom stereocenters. The number of hydrogen-bond donors (Lipinski definition) is 0. The molecule has 1 aromatic heterocycles. The third kappa shape index (κ3) is 3.80. The molecule has 140 valence electrons. The van der Waals surface area contributed by atoms with Crippen molar-refractivity contribution in [3.05, 3.63) is 95.8 Å². The lowest BCUT2D eigenvalue weighted by Crippen LogP contribution is -1.99. The van der Waals surface area contributed by atoms with Gasteiger partial charge >= 0.3 is 0 Å². The molecule has 0 bridgehead atoms. The lowest BCUT2D eigenvalue weighted by atomic mass is 10.2. The van der Waals surface area contributed by atoms with Gasteiger partial charge < -0.3 is 0 Å². The number of rotatable bonds is 5. The monoisotopic (exact) mass is 397 g/mol. The molecule has 0 spiro atoms. The van der Waals surface area contributed by atoms with Crippen LogP contribution in [0.5, 0.6) is 0 Å². The molecule has 0 saturated heterocycles. The first-order valence-corrected chi connectivity index (χ1v) is 9.44. The maximum absolute atomic E-state index is 13.5. The van der Waals surface area contributed by atoms with Crippen molar-refractivity contribution in [2.75, 3.05) is 0 Å². The van der Waals surface area contributed by atoms with Crippen LogP contribution in [0.25, 0.3) is 17.1 Å². The van der Waals surface area contributed by atoms with E-state index in [-0.39, 0.29) is 5.82 Å². The van der Waals surface area contributed by atoms with Crippen molar-refractivity contribution in [2.45, 2.75) is 10.9 Å². The molecule has 0 aliphatic carbocycles. The average molecular weight is 397 g/mol. The molecule has 3 aromatic carbocycles. The Labute approximate surface area is 163 Å². The fraction of sp³-hybridized carbons (Fsp3) is 0.0476. The van der Waals surface area contributed by atoms with Gasteiger partial charge in [0.2, 0.25) is 0 Å². The summed E-state index contributed by atoms with van der Waals surface area (Å²) in [6, 6.07) is 19.4. The van der Waals surface area contributed by atoms with Crippen molar-refractivity contribution < 1.29 is 13.2 Å². The van der Waals surface area contributed by atoms with Crippen LogP contribution < -0.4 is 0 Å². The van der Waals surface area contributed by atoms with Gasteiger partial charge in [0.25, 0.3) is 0 Å². The van der Waals surface area contributed by atoms with Crippen molar-refractivity contribution >= 4 is 11.8 Å². The molecular formula is C21H14F3N3S. The third-order valence-electron chi connectivity index (χ3n) is 4.10. The Morgan fingerprint density at radius 3 is 2.25 bits per heavy atom. The topological polar surface area (TPSA) is 30.7 Å². The van der Waals surface area contributed by atoms with Gasteiger partial charge in [-0.15, -0.1) is 10.2 Å². The van der Waals surface area contributed by atoms with Crippen molar-refractivity contribution in [1.29, 1.82) is 0 Å². The molecule has 0 fully saturated rings. The molecule has 7 heteroatoms. The van der Waals surface area contributed by atoms with Crippen molar-refractivity contribution in [3.63, 3.8) is 0 Å². The molecule has 28 heavy (non-hydrogen) atoms. The SMILES string of the molecule is Fc1ccc(-c2nnc(SCc3ccc(F)c(F)c3)n2-c2ccccc2)cc1. The minimum atomic E-state index is -0.880. The highest BCUT2D eigenvalue weighted by atomic mass is 32.2. The summed E-state index contributed by atoms with van der Waals surface area (Å²) < 4.78 is 41.7. The van der Waals surface area contributed by atoms with Crippen LogP contribution in [-0.4, -0.2) is 14.8 Å². The zero-order valence-electron chi connectivity index (χ0n) is 14.5. The summed E-state index contributed by atoms with van der Waals surface area (Å²) in [5, 5.41) is 9.13. The van der Waals surface area contributed by atoms with Gasteiger partial charge in [0.15, 0.2) is 22.6 Å². The van der Waals surface area contributed by atoms with Gasteiger partial charge in [-0.3, -0.25) is 4.57 Å². The number of para-hydroxylation sites is 1. The molecule has 0 atom stereocenters. The molecule has 0 aliphatic rings. The van der Waals surface area contributed by atoms with E-state index < -0.39 is 11.6 Å². The van der Waals surface area contributed by atoms with Crippen LogP contribution in [0.2, 0.25) is 0 Å². The van der Waals surface area contributed by atoms with Crippen LogP contribution in [-0.2, 0) is 5.75 Å². The molecule has 0 aliphatic heterocycles. The number of thioether (sulfide) groups is 1. The van der Waals surface area contributed by atoms with E-state index in [2.05, 4.69) is 10.2 Å². The van der Waals surface area contributed by atoms with E-state index >= 15 is 0 Å². The molecule has 4 rings (SSSR count). The van der Waals surface area contributed by atoms with Gasteiger partial charge in [0.1, 0.15) is 5.82 Å². The van der Waals surface area contributed by atoms with Gasteiger partial charge in [0, 0.05) is 17.0 Å². The van der Waals surface area contributed by atoms with Gasteiger partial charge in [-0.05, 0) is 54.1 Å². The molecule has 0 N–H and O–H groups in total. The van der Waals surface area contributed by atoms with E-state index in [1.165, 1.54) is 36.0 Å². The van der Waals surface area contributed by atoms with Crippen molar-refractivity contribution in [1.82, 2.24) is 14.8 Å². The van der Waals surface area contributed by atoms with E-state index in [4.69, 9.17) is 0 Å². The molecule has 3 nitrogen and oxygen atoms in total. The number of aromatic nitrogens is 3. The molecule has 1 heterocycles. The van der Waals surface area contributed by atoms with Crippen molar-refractivity contribution in [2.24, 2.45) is 0 Å². The zero-order valence-corrected chi connectivity index (χ0v) is 15.3. The second-order valence-electron chi connectivity index (χ2n) is 6.02. The number of nitrogens with zero attached hydrogens (tertiary/aromatic N) is 3. The molecule has 4 aromatic rings. The second-order valence-corrected chi connectivity index (χ2v) is 6.96. The molecule has 0 saturated carbocycles. The van der Waals surface area contributed by atoms with Crippen LogP contribution in [0.1, 0.15) is 5.56 Å². The maximum atomic E-state index is 13.5. The fourth-order valence-corrected chi connectivity index (χ4v) is 3.63. The van der Waals surface area contributed by atoms with Crippen LogP contribution in [0.4, 0.5) is 13.2 Å². The Hall–Kier alpha value is -3.06. The first-order chi connectivity index (χ1) is 13.6. The van der Waals surface area contributed by atoms with Gasteiger partial charge in [-0.2, -0.15) is 0 Å². The normalized spacial score (nSPS) is 11.0. The van der Waals surface area contributed by atoms with E-state index in [0.29, 0.717) is 22.3 Å². The highest BCUT2D eigenvalue weighted by molar-refractivity contribution is 7.98. The fourth-order valence-electron chi connectivity index (χ4n) is 2.74. The van der Waals surface area contributed by atoms with Gasteiger partial charge in [-0.1, -0.05) is 36.0 Å². The molecule has 0 amide bonds. The third-order valence-corrected chi connectivity index (χ3v) is 5.10. The average Bonchev–Trinajstić information content (AvgIpc) is 3.14. The zero-order chi connectivity index (χ0) is 19.5. The predicted molar refractivity (Wildman–Crippen MR) is 103 cm³/mol. The van der Waals surface area contributed by atoms with E-state index in [0.717, 1.165) is 17.3 Å². The Bertz CT molecular complexity index is 1100. The summed E-state index contributed by atoms with van der Waals surface area (Å²) in [7, 11) is 0.